The maximum atomic E-state index is 13.6. The summed E-state index contributed by atoms with van der Waals surface area (Å²) in [5, 5.41) is 1.25. The van der Waals surface area contributed by atoms with E-state index in [2.05, 4.69) is 17.6 Å². The summed E-state index contributed by atoms with van der Waals surface area (Å²) in [6.07, 6.45) is 0. The van der Waals surface area contributed by atoms with Crippen molar-refractivity contribution in [3.63, 3.8) is 0 Å². The second-order valence-corrected chi connectivity index (χ2v) is 10.7. The number of cyclic esters (lactones) is 1. The van der Waals surface area contributed by atoms with Gasteiger partial charge in [0.05, 0.1) is 25.7 Å². The Labute approximate surface area is 230 Å². The number of anilines is 1. The van der Waals surface area contributed by atoms with Gasteiger partial charge >= 0.3 is 5.97 Å². The molecule has 1 aromatic heterocycles. The average Bonchev–Trinajstić information content (AvgIpc) is 3.32. The number of benzene rings is 3. The van der Waals surface area contributed by atoms with Crippen LogP contribution in [-0.4, -0.2) is 24.6 Å². The van der Waals surface area contributed by atoms with E-state index in [0.29, 0.717) is 5.56 Å². The molecule has 0 radical (unpaired) electrons. The van der Waals surface area contributed by atoms with Crippen molar-refractivity contribution < 1.29 is 9.53 Å². The van der Waals surface area contributed by atoms with Gasteiger partial charge in [0.2, 0.25) is 0 Å². The molecular weight excluding hydrogens is 538 g/mol. The summed E-state index contributed by atoms with van der Waals surface area (Å²) in [5.74, 6) is -0.599. The first-order chi connectivity index (χ1) is 17.1. The molecule has 1 unspecified atom stereocenters. The zero-order valence-electron chi connectivity index (χ0n) is 20.5. The maximum absolute atomic E-state index is 13.6. The lowest BCUT2D eigenvalue weighted by atomic mass is 9.76. The standard InChI is InChI=1S/C28H24Cl4N2O2/c1-6-34-15(3)21(17-9-7-8-10-19(17)34)28(18-13-16(33(4)5)12-11-14(18)2)22-20(27(35)36-28)23(29)25(31)26(32)24(22)30/h7-13H,6H2,1-5H3. The van der Waals surface area contributed by atoms with E-state index in [1.807, 2.05) is 69.2 Å². The molecule has 0 saturated carbocycles. The van der Waals surface area contributed by atoms with Crippen molar-refractivity contribution >= 4 is 69.0 Å². The van der Waals surface area contributed by atoms with Gasteiger partial charge in [0.25, 0.3) is 0 Å². The molecule has 2 heterocycles. The fourth-order valence-corrected chi connectivity index (χ4v) is 6.51. The lowest BCUT2D eigenvalue weighted by Crippen LogP contribution is -2.32. The predicted octanol–water partition coefficient (Wildman–Crippen LogP) is 8.42. The summed E-state index contributed by atoms with van der Waals surface area (Å²) >= 11 is 26.6. The van der Waals surface area contributed by atoms with Crippen LogP contribution in [0.3, 0.4) is 0 Å². The zero-order valence-corrected chi connectivity index (χ0v) is 23.5. The van der Waals surface area contributed by atoms with Gasteiger partial charge in [0.15, 0.2) is 5.60 Å². The highest BCUT2D eigenvalue weighted by atomic mass is 35.5. The second kappa shape index (κ2) is 8.88. The molecule has 0 aliphatic carbocycles. The number of nitrogens with zero attached hydrogens (tertiary/aromatic N) is 2. The first kappa shape index (κ1) is 25.3. The topological polar surface area (TPSA) is 34.5 Å². The summed E-state index contributed by atoms with van der Waals surface area (Å²) in [6, 6.07) is 14.1. The Bertz CT molecular complexity index is 1570. The van der Waals surface area contributed by atoms with Crippen LogP contribution < -0.4 is 4.90 Å². The lowest BCUT2D eigenvalue weighted by molar-refractivity contribution is 0.0252. The number of halogens is 4. The van der Waals surface area contributed by atoms with Crippen molar-refractivity contribution in [2.45, 2.75) is 32.9 Å². The Balaban J connectivity index is 2.06. The number of ether oxygens (including phenoxy) is 1. The van der Waals surface area contributed by atoms with Crippen molar-refractivity contribution in [3.8, 4) is 0 Å². The first-order valence-electron chi connectivity index (χ1n) is 11.5. The van der Waals surface area contributed by atoms with Crippen LogP contribution in [0, 0.1) is 13.8 Å². The highest BCUT2D eigenvalue weighted by Gasteiger charge is 2.55. The van der Waals surface area contributed by atoms with Crippen LogP contribution in [0.25, 0.3) is 10.9 Å². The van der Waals surface area contributed by atoms with Crippen LogP contribution in [0.1, 0.15) is 45.2 Å². The Hall–Kier alpha value is -2.37. The van der Waals surface area contributed by atoms with E-state index >= 15 is 0 Å². The smallest absolute Gasteiger partial charge is 0.341 e. The molecule has 0 bridgehead atoms. The third-order valence-electron chi connectivity index (χ3n) is 7.09. The van der Waals surface area contributed by atoms with Crippen molar-refractivity contribution in [1.29, 1.82) is 0 Å². The van der Waals surface area contributed by atoms with Crippen molar-refractivity contribution in [2.24, 2.45) is 0 Å². The molecule has 8 heteroatoms. The van der Waals surface area contributed by atoms with Crippen molar-refractivity contribution in [1.82, 2.24) is 4.57 Å². The zero-order chi connectivity index (χ0) is 26.1. The Morgan fingerprint density at radius 2 is 1.58 bits per heavy atom. The summed E-state index contributed by atoms with van der Waals surface area (Å²) in [4.78, 5) is 15.6. The molecule has 36 heavy (non-hydrogen) atoms. The van der Waals surface area contributed by atoms with Gasteiger partial charge < -0.3 is 14.2 Å². The Morgan fingerprint density at radius 3 is 2.25 bits per heavy atom. The number of esters is 1. The van der Waals surface area contributed by atoms with Crippen LogP contribution in [0.15, 0.2) is 42.5 Å². The number of aromatic nitrogens is 1. The minimum absolute atomic E-state index is 0.0290. The molecule has 0 spiro atoms. The van der Waals surface area contributed by atoms with Crippen LogP contribution in [0.4, 0.5) is 5.69 Å². The van der Waals surface area contributed by atoms with Gasteiger partial charge in [-0.25, -0.2) is 4.79 Å². The molecule has 186 valence electrons. The normalized spacial score (nSPS) is 17.0. The fraction of sp³-hybridized carbons (Fsp3) is 0.250. The molecule has 0 fully saturated rings. The van der Waals surface area contributed by atoms with E-state index in [4.69, 9.17) is 51.1 Å². The predicted molar refractivity (Wildman–Crippen MR) is 150 cm³/mol. The minimum Gasteiger partial charge on any atom is -0.440 e. The highest BCUT2D eigenvalue weighted by Crippen LogP contribution is 2.58. The van der Waals surface area contributed by atoms with Crippen LogP contribution in [0.5, 0.6) is 0 Å². The van der Waals surface area contributed by atoms with Crippen LogP contribution >= 0.6 is 46.4 Å². The minimum atomic E-state index is -1.40. The number of fused-ring (bicyclic) bond motifs is 2. The molecular formula is C28H24Cl4N2O2. The summed E-state index contributed by atoms with van der Waals surface area (Å²) in [7, 11) is 3.93. The summed E-state index contributed by atoms with van der Waals surface area (Å²) < 4.78 is 8.67. The lowest BCUT2D eigenvalue weighted by Gasteiger charge is -2.33. The monoisotopic (exact) mass is 560 g/mol. The number of hydrogen-bond acceptors (Lipinski definition) is 3. The third-order valence-corrected chi connectivity index (χ3v) is 8.89. The number of para-hydroxylation sites is 1. The van der Waals surface area contributed by atoms with E-state index in [1.54, 1.807) is 0 Å². The van der Waals surface area contributed by atoms with Gasteiger partial charge in [-0.15, -0.1) is 0 Å². The number of hydrogen-bond donors (Lipinski definition) is 0. The van der Waals surface area contributed by atoms with Gasteiger partial charge in [0, 0.05) is 59.6 Å². The van der Waals surface area contributed by atoms with Crippen LogP contribution in [0.2, 0.25) is 20.1 Å². The summed E-state index contributed by atoms with van der Waals surface area (Å²) in [5.41, 5.74) is 4.59. The van der Waals surface area contributed by atoms with E-state index in [0.717, 1.165) is 45.5 Å². The van der Waals surface area contributed by atoms with Gasteiger partial charge in [-0.3, -0.25) is 0 Å². The molecule has 3 aromatic carbocycles. The van der Waals surface area contributed by atoms with Crippen LogP contribution in [-0.2, 0) is 16.9 Å². The van der Waals surface area contributed by atoms with E-state index < -0.39 is 11.6 Å². The molecule has 4 nitrogen and oxygen atoms in total. The SMILES string of the molecule is CCn1c(C)c(C2(c3cc(N(C)C)ccc3C)OC(=O)c3c(Cl)c(Cl)c(Cl)c(Cl)c32)c2ccccc21. The number of carbonyl (C=O) groups excluding carboxylic acids is 1. The van der Waals surface area contributed by atoms with Gasteiger partial charge in [-0.1, -0.05) is 70.7 Å². The quantitative estimate of drug-likeness (QED) is 0.142. The molecule has 0 saturated heterocycles. The third kappa shape index (κ3) is 3.31. The van der Waals surface area contributed by atoms with Gasteiger partial charge in [0.1, 0.15) is 0 Å². The molecule has 5 rings (SSSR count). The van der Waals surface area contributed by atoms with Crippen molar-refractivity contribution in [3.05, 3.63) is 96.1 Å². The summed E-state index contributed by atoms with van der Waals surface area (Å²) in [6.45, 7) is 6.84. The van der Waals surface area contributed by atoms with E-state index in [9.17, 15) is 4.79 Å². The Morgan fingerprint density at radius 1 is 0.917 bits per heavy atom. The van der Waals surface area contributed by atoms with Gasteiger partial charge in [-0.05, 0) is 44.5 Å². The Kier molecular flexibility index (Phi) is 6.24. The molecule has 1 aliphatic rings. The first-order valence-corrected chi connectivity index (χ1v) is 13.0. The largest absolute Gasteiger partial charge is 0.440 e. The van der Waals surface area contributed by atoms with Gasteiger partial charge in [-0.2, -0.15) is 0 Å². The molecule has 1 atom stereocenters. The molecule has 4 aromatic rings. The second-order valence-electron chi connectivity index (χ2n) is 9.19. The number of carbonyl (C=O) groups is 1. The number of rotatable bonds is 4. The molecule has 0 N–H and O–H groups in total. The maximum Gasteiger partial charge on any atom is 0.341 e. The molecule has 1 aliphatic heterocycles. The van der Waals surface area contributed by atoms with E-state index in [1.165, 1.54) is 0 Å². The highest BCUT2D eigenvalue weighted by molar-refractivity contribution is 6.53. The fourth-order valence-electron chi connectivity index (χ4n) is 5.45. The van der Waals surface area contributed by atoms with Crippen molar-refractivity contribution in [2.75, 3.05) is 19.0 Å². The average molecular weight is 562 g/mol. The van der Waals surface area contributed by atoms with E-state index in [-0.39, 0.29) is 25.7 Å². The number of aryl methyl sites for hydroxylation is 2. The molecule has 0 amide bonds.